The molecule has 0 bridgehead atoms. The van der Waals surface area contributed by atoms with E-state index < -0.39 is 4.92 Å². The molecule has 3 heterocycles. The summed E-state index contributed by atoms with van der Waals surface area (Å²) in [5, 5.41) is 13.1. The molecule has 2 aromatic carbocycles. The van der Waals surface area contributed by atoms with Gasteiger partial charge in [0, 0.05) is 54.9 Å². The highest BCUT2D eigenvalue weighted by atomic mass is 32.1. The van der Waals surface area contributed by atoms with E-state index in [9.17, 15) is 24.1 Å². The van der Waals surface area contributed by atoms with Crippen molar-refractivity contribution >= 4 is 38.8 Å². The van der Waals surface area contributed by atoms with Gasteiger partial charge < -0.3 is 9.80 Å². The fourth-order valence-electron chi connectivity index (χ4n) is 4.17. The maximum absolute atomic E-state index is 13.3. The first-order chi connectivity index (χ1) is 16.9. The van der Waals surface area contributed by atoms with E-state index in [0.29, 0.717) is 47.5 Å². The third-order valence-corrected chi connectivity index (χ3v) is 6.97. The van der Waals surface area contributed by atoms with Crippen LogP contribution in [0, 0.1) is 15.9 Å². The molecule has 1 aliphatic rings. The molecule has 0 atom stereocenters. The van der Waals surface area contributed by atoms with Crippen LogP contribution >= 0.6 is 11.3 Å². The zero-order valence-corrected chi connectivity index (χ0v) is 19.3. The van der Waals surface area contributed by atoms with E-state index in [1.54, 1.807) is 29.2 Å². The van der Waals surface area contributed by atoms with E-state index in [2.05, 4.69) is 9.88 Å². The largest absolute Gasteiger partial charge is 0.368 e. The van der Waals surface area contributed by atoms with Crippen LogP contribution in [0.4, 0.5) is 15.8 Å². The van der Waals surface area contributed by atoms with Crippen molar-refractivity contribution in [3.8, 4) is 11.1 Å². The van der Waals surface area contributed by atoms with Crippen LogP contribution in [0.2, 0.25) is 0 Å². The van der Waals surface area contributed by atoms with Crippen molar-refractivity contribution in [3.63, 3.8) is 0 Å². The average molecular weight is 494 g/mol. The predicted octanol–water partition coefficient (Wildman–Crippen LogP) is 3.52. The fraction of sp³-hybridized carbons (Fsp3) is 0.208. The number of amides is 1. The van der Waals surface area contributed by atoms with Gasteiger partial charge in [0.05, 0.1) is 16.6 Å². The lowest BCUT2D eigenvalue weighted by Gasteiger charge is -2.36. The van der Waals surface area contributed by atoms with Crippen LogP contribution in [0.15, 0.2) is 65.0 Å². The molecule has 1 saturated heterocycles. The summed E-state index contributed by atoms with van der Waals surface area (Å²) < 4.78 is 14.6. The molecule has 1 amide bonds. The standard InChI is InChI=1S/C24H20FN5O4S/c25-17-3-1-16(2-4-17)20-14-35-23-22(20)24(32)29(15-26-23)13-21(31)28-11-9-27(10-12-28)18-5-7-19(8-6-18)30(33)34/h1-8,14-15H,9-13H2. The van der Waals surface area contributed by atoms with Gasteiger partial charge in [-0.05, 0) is 29.8 Å². The first-order valence-corrected chi connectivity index (χ1v) is 11.8. The first-order valence-electron chi connectivity index (χ1n) is 10.9. The van der Waals surface area contributed by atoms with Crippen molar-refractivity contribution in [2.45, 2.75) is 6.54 Å². The predicted molar refractivity (Wildman–Crippen MR) is 131 cm³/mol. The molecule has 0 spiro atoms. The van der Waals surface area contributed by atoms with E-state index in [4.69, 9.17) is 0 Å². The molecule has 0 aliphatic carbocycles. The Morgan fingerprint density at radius 1 is 1.06 bits per heavy atom. The Balaban J connectivity index is 1.29. The van der Waals surface area contributed by atoms with Crippen LogP contribution in [0.25, 0.3) is 21.3 Å². The maximum atomic E-state index is 13.3. The molecule has 2 aromatic heterocycles. The van der Waals surface area contributed by atoms with Gasteiger partial charge in [-0.3, -0.25) is 24.3 Å². The number of hydrogen-bond acceptors (Lipinski definition) is 7. The Hall–Kier alpha value is -4.12. The number of nitro benzene ring substituents is 1. The van der Waals surface area contributed by atoms with Gasteiger partial charge in [0.15, 0.2) is 0 Å². The number of hydrogen-bond donors (Lipinski definition) is 0. The van der Waals surface area contributed by atoms with E-state index in [0.717, 1.165) is 5.69 Å². The van der Waals surface area contributed by atoms with Crippen molar-refractivity contribution < 1.29 is 14.1 Å². The molecule has 9 nitrogen and oxygen atoms in total. The summed E-state index contributed by atoms with van der Waals surface area (Å²) in [6, 6.07) is 12.2. The van der Waals surface area contributed by atoms with E-state index in [-0.39, 0.29) is 29.5 Å². The van der Waals surface area contributed by atoms with Gasteiger partial charge in [0.1, 0.15) is 17.2 Å². The van der Waals surface area contributed by atoms with Crippen molar-refractivity contribution in [3.05, 3.63) is 86.5 Å². The minimum atomic E-state index is -0.437. The summed E-state index contributed by atoms with van der Waals surface area (Å²) in [7, 11) is 0. The van der Waals surface area contributed by atoms with Crippen molar-refractivity contribution in [1.82, 2.24) is 14.5 Å². The summed E-state index contributed by atoms with van der Waals surface area (Å²) in [6.45, 7) is 1.97. The summed E-state index contributed by atoms with van der Waals surface area (Å²) in [4.78, 5) is 45.3. The molecule has 0 radical (unpaired) electrons. The van der Waals surface area contributed by atoms with Crippen LogP contribution in [-0.2, 0) is 11.3 Å². The number of benzene rings is 2. The molecule has 4 aromatic rings. The van der Waals surface area contributed by atoms with Gasteiger partial charge in [-0.25, -0.2) is 9.37 Å². The second-order valence-corrected chi connectivity index (χ2v) is 9.01. The number of nitrogens with zero attached hydrogens (tertiary/aromatic N) is 5. The van der Waals surface area contributed by atoms with E-state index in [1.807, 2.05) is 5.38 Å². The molecule has 11 heteroatoms. The monoisotopic (exact) mass is 493 g/mol. The highest BCUT2D eigenvalue weighted by Gasteiger charge is 2.23. The molecule has 1 aliphatic heterocycles. The number of carbonyl (C=O) groups excluding carboxylic acids is 1. The Labute approximate surface area is 202 Å². The van der Waals surface area contributed by atoms with Gasteiger partial charge in [0.2, 0.25) is 5.91 Å². The zero-order valence-electron chi connectivity index (χ0n) is 18.5. The second kappa shape index (κ2) is 9.26. The molecule has 35 heavy (non-hydrogen) atoms. The number of halogens is 1. The number of non-ortho nitro benzene ring substituents is 1. The normalized spacial score (nSPS) is 13.9. The van der Waals surface area contributed by atoms with Crippen molar-refractivity contribution in [1.29, 1.82) is 0 Å². The average Bonchev–Trinajstić information content (AvgIpc) is 3.31. The quantitative estimate of drug-likeness (QED) is 0.311. The summed E-state index contributed by atoms with van der Waals surface area (Å²) in [5.74, 6) is -0.543. The smallest absolute Gasteiger partial charge is 0.269 e. The van der Waals surface area contributed by atoms with Crippen LogP contribution in [0.3, 0.4) is 0 Å². The number of thiophene rings is 1. The van der Waals surface area contributed by atoms with Gasteiger partial charge in [-0.1, -0.05) is 12.1 Å². The molecule has 0 saturated carbocycles. The highest BCUT2D eigenvalue weighted by Crippen LogP contribution is 2.30. The number of nitro groups is 1. The molecule has 0 unspecified atom stereocenters. The Morgan fingerprint density at radius 3 is 2.40 bits per heavy atom. The van der Waals surface area contributed by atoms with Gasteiger partial charge >= 0.3 is 0 Å². The topological polar surface area (TPSA) is 102 Å². The minimum absolute atomic E-state index is 0.0341. The number of fused-ring (bicyclic) bond motifs is 1. The summed E-state index contributed by atoms with van der Waals surface area (Å²) in [6.07, 6.45) is 1.39. The lowest BCUT2D eigenvalue weighted by molar-refractivity contribution is -0.384. The van der Waals surface area contributed by atoms with Crippen LogP contribution in [0.5, 0.6) is 0 Å². The number of rotatable bonds is 5. The van der Waals surface area contributed by atoms with Crippen LogP contribution < -0.4 is 10.5 Å². The maximum Gasteiger partial charge on any atom is 0.269 e. The molecule has 178 valence electrons. The van der Waals surface area contributed by atoms with Gasteiger partial charge in [-0.15, -0.1) is 11.3 Å². The minimum Gasteiger partial charge on any atom is -0.368 e. The summed E-state index contributed by atoms with van der Waals surface area (Å²) in [5.41, 5.74) is 1.96. The number of anilines is 1. The van der Waals surface area contributed by atoms with Crippen LogP contribution in [0.1, 0.15) is 0 Å². The molecule has 5 rings (SSSR count). The third kappa shape index (κ3) is 4.50. The van der Waals surface area contributed by atoms with Gasteiger partial charge in [0.25, 0.3) is 11.2 Å². The lowest BCUT2D eigenvalue weighted by Crippen LogP contribution is -2.50. The van der Waals surface area contributed by atoms with Crippen molar-refractivity contribution in [2.75, 3.05) is 31.1 Å². The van der Waals surface area contributed by atoms with E-state index in [1.165, 1.54) is 46.5 Å². The van der Waals surface area contributed by atoms with Crippen molar-refractivity contribution in [2.24, 2.45) is 0 Å². The Kier molecular flexibility index (Phi) is 6.00. The number of carbonyl (C=O) groups is 1. The zero-order chi connectivity index (χ0) is 24.5. The second-order valence-electron chi connectivity index (χ2n) is 8.16. The molecular weight excluding hydrogens is 473 g/mol. The van der Waals surface area contributed by atoms with Crippen LogP contribution in [-0.4, -0.2) is 51.5 Å². The first kappa shape index (κ1) is 22.7. The third-order valence-electron chi connectivity index (χ3n) is 6.08. The molecular formula is C24H20FN5O4S. The SMILES string of the molecule is O=C(Cn1cnc2scc(-c3ccc(F)cc3)c2c1=O)N1CCN(c2ccc([N+](=O)[O-])cc2)CC1. The number of piperazine rings is 1. The molecule has 0 N–H and O–H groups in total. The Morgan fingerprint density at radius 2 is 1.74 bits per heavy atom. The fourth-order valence-corrected chi connectivity index (χ4v) is 5.07. The molecule has 1 fully saturated rings. The summed E-state index contributed by atoms with van der Waals surface area (Å²) >= 11 is 1.33. The number of aromatic nitrogens is 2. The lowest BCUT2D eigenvalue weighted by atomic mass is 10.1. The van der Waals surface area contributed by atoms with E-state index >= 15 is 0 Å². The Bertz CT molecular complexity index is 1460. The highest BCUT2D eigenvalue weighted by molar-refractivity contribution is 7.17. The van der Waals surface area contributed by atoms with Gasteiger partial charge in [-0.2, -0.15) is 0 Å².